The van der Waals surface area contributed by atoms with Crippen LogP contribution in [0.5, 0.6) is 17.2 Å². The zero-order valence-corrected chi connectivity index (χ0v) is 19.0. The molecule has 1 aliphatic heterocycles. The van der Waals surface area contributed by atoms with Crippen molar-refractivity contribution in [2.45, 2.75) is 16.9 Å². The first kappa shape index (κ1) is 20.4. The SMILES string of the molecule is COc1cc(CC2(c3cn(C)c4ccccc34)SCCCS2)cc(OC)c1OC. The molecule has 29 heavy (non-hydrogen) atoms. The molecule has 6 heteroatoms. The second kappa shape index (κ2) is 8.44. The molecule has 154 valence electrons. The molecule has 0 saturated carbocycles. The molecule has 4 nitrogen and oxygen atoms in total. The van der Waals surface area contributed by atoms with Gasteiger partial charge in [-0.05, 0) is 41.7 Å². The van der Waals surface area contributed by atoms with Crippen LogP contribution in [-0.2, 0) is 17.5 Å². The smallest absolute Gasteiger partial charge is 0.203 e. The molecule has 1 aliphatic rings. The van der Waals surface area contributed by atoms with E-state index < -0.39 is 0 Å². The first-order chi connectivity index (χ1) is 14.1. The first-order valence-electron chi connectivity index (χ1n) is 9.73. The predicted octanol–water partition coefficient (Wildman–Crippen LogP) is 5.47. The van der Waals surface area contributed by atoms with E-state index >= 15 is 0 Å². The summed E-state index contributed by atoms with van der Waals surface area (Å²) in [6.07, 6.45) is 4.46. The Labute approximate surface area is 180 Å². The Balaban J connectivity index is 1.83. The summed E-state index contributed by atoms with van der Waals surface area (Å²) >= 11 is 4.12. The van der Waals surface area contributed by atoms with E-state index in [9.17, 15) is 0 Å². The molecule has 0 radical (unpaired) electrons. The molecule has 0 unspecified atom stereocenters. The van der Waals surface area contributed by atoms with Crippen LogP contribution in [0.1, 0.15) is 17.5 Å². The van der Waals surface area contributed by atoms with Crippen molar-refractivity contribution in [3.05, 3.63) is 53.7 Å². The number of methoxy groups -OCH3 is 3. The summed E-state index contributed by atoms with van der Waals surface area (Å²) in [4.78, 5) is 0. The molecule has 2 aromatic carbocycles. The number of aryl methyl sites for hydroxylation is 1. The van der Waals surface area contributed by atoms with Crippen molar-refractivity contribution in [3.63, 3.8) is 0 Å². The summed E-state index contributed by atoms with van der Waals surface area (Å²) in [7, 11) is 7.12. The Bertz CT molecular complexity index is 984. The third-order valence-electron chi connectivity index (χ3n) is 5.43. The zero-order chi connectivity index (χ0) is 20.4. The Morgan fingerprint density at radius 2 is 1.62 bits per heavy atom. The summed E-state index contributed by atoms with van der Waals surface area (Å²) in [5.74, 6) is 4.39. The maximum absolute atomic E-state index is 5.60. The lowest BCUT2D eigenvalue weighted by molar-refractivity contribution is 0.323. The fraction of sp³-hybridized carbons (Fsp3) is 0.391. The molecule has 4 rings (SSSR count). The normalized spacial score (nSPS) is 16.0. The van der Waals surface area contributed by atoms with E-state index in [1.165, 1.54) is 40.0 Å². The molecule has 0 aliphatic carbocycles. The molecule has 1 saturated heterocycles. The van der Waals surface area contributed by atoms with Gasteiger partial charge in [0.1, 0.15) is 0 Å². The number of hydrogen-bond donors (Lipinski definition) is 0. The van der Waals surface area contributed by atoms with E-state index in [1.54, 1.807) is 21.3 Å². The summed E-state index contributed by atoms with van der Waals surface area (Å²) in [5, 5.41) is 1.34. The lowest BCUT2D eigenvalue weighted by Gasteiger charge is -2.36. The van der Waals surface area contributed by atoms with Gasteiger partial charge < -0.3 is 18.8 Å². The number of hydrogen-bond acceptors (Lipinski definition) is 5. The highest BCUT2D eigenvalue weighted by atomic mass is 32.2. The van der Waals surface area contributed by atoms with Crippen LogP contribution < -0.4 is 14.2 Å². The van der Waals surface area contributed by atoms with Gasteiger partial charge >= 0.3 is 0 Å². The molecule has 3 aromatic rings. The van der Waals surface area contributed by atoms with E-state index in [4.69, 9.17) is 14.2 Å². The molecular formula is C23H27NO3S2. The Hall–Kier alpha value is -1.92. The van der Waals surface area contributed by atoms with Gasteiger partial charge in [0.2, 0.25) is 5.75 Å². The highest BCUT2D eigenvalue weighted by Crippen LogP contribution is 2.55. The van der Waals surface area contributed by atoms with E-state index in [2.05, 4.69) is 77.7 Å². The largest absolute Gasteiger partial charge is 0.493 e. The van der Waals surface area contributed by atoms with Crippen LogP contribution in [0.4, 0.5) is 0 Å². The summed E-state index contributed by atoms with van der Waals surface area (Å²) < 4.78 is 18.9. The number of aromatic nitrogens is 1. The molecule has 0 atom stereocenters. The summed E-state index contributed by atoms with van der Waals surface area (Å²) in [6, 6.07) is 12.9. The highest BCUT2D eigenvalue weighted by molar-refractivity contribution is 8.18. The molecule has 0 amide bonds. The second-order valence-electron chi connectivity index (χ2n) is 7.18. The fourth-order valence-electron chi connectivity index (χ4n) is 4.08. The molecule has 0 spiro atoms. The van der Waals surface area contributed by atoms with Gasteiger partial charge in [0.25, 0.3) is 0 Å². The standard InChI is InChI=1S/C23H27NO3S2/c1-24-15-18(17-8-5-6-9-19(17)24)23(28-10-7-11-29-23)14-16-12-20(25-2)22(27-4)21(13-16)26-3/h5-6,8-9,12-13,15H,7,10-11,14H2,1-4H3. The third kappa shape index (κ3) is 3.68. The highest BCUT2D eigenvalue weighted by Gasteiger charge is 2.38. The number of nitrogens with zero attached hydrogens (tertiary/aromatic N) is 1. The average molecular weight is 430 g/mol. The predicted molar refractivity (Wildman–Crippen MR) is 124 cm³/mol. The molecular weight excluding hydrogens is 402 g/mol. The van der Waals surface area contributed by atoms with Crippen molar-refractivity contribution >= 4 is 34.4 Å². The van der Waals surface area contributed by atoms with Crippen molar-refractivity contribution < 1.29 is 14.2 Å². The maximum Gasteiger partial charge on any atom is 0.203 e. The maximum atomic E-state index is 5.60. The number of fused-ring (bicyclic) bond motifs is 1. The first-order valence-corrected chi connectivity index (χ1v) is 11.7. The van der Waals surface area contributed by atoms with Gasteiger partial charge in [-0.25, -0.2) is 0 Å². The van der Waals surface area contributed by atoms with Crippen LogP contribution in [0.25, 0.3) is 10.9 Å². The Morgan fingerprint density at radius 3 is 2.24 bits per heavy atom. The number of para-hydroxylation sites is 1. The van der Waals surface area contributed by atoms with Gasteiger partial charge in [-0.1, -0.05) is 18.2 Å². The van der Waals surface area contributed by atoms with Crippen molar-refractivity contribution in [3.8, 4) is 17.2 Å². The van der Waals surface area contributed by atoms with E-state index in [-0.39, 0.29) is 4.08 Å². The van der Waals surface area contributed by atoms with Crippen LogP contribution in [0.2, 0.25) is 0 Å². The van der Waals surface area contributed by atoms with Crippen molar-refractivity contribution in [2.75, 3.05) is 32.8 Å². The van der Waals surface area contributed by atoms with Crippen molar-refractivity contribution in [1.29, 1.82) is 0 Å². The van der Waals surface area contributed by atoms with Crippen LogP contribution in [0.3, 0.4) is 0 Å². The van der Waals surface area contributed by atoms with Gasteiger partial charge in [-0.3, -0.25) is 0 Å². The van der Waals surface area contributed by atoms with Gasteiger partial charge in [0.15, 0.2) is 11.5 Å². The minimum atomic E-state index is -0.0380. The quantitative estimate of drug-likeness (QED) is 0.519. The molecule has 0 N–H and O–H groups in total. The monoisotopic (exact) mass is 429 g/mol. The lowest BCUT2D eigenvalue weighted by atomic mass is 10.0. The van der Waals surface area contributed by atoms with Crippen molar-refractivity contribution in [1.82, 2.24) is 4.57 Å². The lowest BCUT2D eigenvalue weighted by Crippen LogP contribution is -2.25. The van der Waals surface area contributed by atoms with Crippen LogP contribution >= 0.6 is 23.5 Å². The second-order valence-corrected chi connectivity index (χ2v) is 10.2. The van der Waals surface area contributed by atoms with Gasteiger partial charge in [0, 0.05) is 36.1 Å². The van der Waals surface area contributed by atoms with Crippen LogP contribution in [0.15, 0.2) is 42.6 Å². The topological polar surface area (TPSA) is 32.6 Å². The molecule has 0 bridgehead atoms. The minimum absolute atomic E-state index is 0.0380. The third-order valence-corrected chi connectivity index (χ3v) is 8.78. The number of ether oxygens (including phenoxy) is 3. The Kier molecular flexibility index (Phi) is 5.93. The van der Waals surface area contributed by atoms with E-state index in [0.717, 1.165) is 6.42 Å². The Morgan fingerprint density at radius 1 is 0.966 bits per heavy atom. The molecule has 1 aromatic heterocycles. The zero-order valence-electron chi connectivity index (χ0n) is 17.4. The van der Waals surface area contributed by atoms with Crippen LogP contribution in [0, 0.1) is 0 Å². The van der Waals surface area contributed by atoms with E-state index in [0.29, 0.717) is 17.2 Å². The summed E-state index contributed by atoms with van der Waals surface area (Å²) in [6.45, 7) is 0. The van der Waals surface area contributed by atoms with Crippen LogP contribution in [-0.4, -0.2) is 37.4 Å². The average Bonchev–Trinajstić information content (AvgIpc) is 3.11. The van der Waals surface area contributed by atoms with Crippen molar-refractivity contribution in [2.24, 2.45) is 7.05 Å². The summed E-state index contributed by atoms with van der Waals surface area (Å²) in [5.41, 5.74) is 3.87. The fourth-order valence-corrected chi connectivity index (χ4v) is 7.51. The minimum Gasteiger partial charge on any atom is -0.493 e. The number of rotatable bonds is 6. The number of benzene rings is 2. The van der Waals surface area contributed by atoms with Gasteiger partial charge in [-0.15, -0.1) is 23.5 Å². The van der Waals surface area contributed by atoms with E-state index in [1.807, 2.05) is 0 Å². The molecule has 1 fully saturated rings. The van der Waals surface area contributed by atoms with Gasteiger partial charge in [-0.2, -0.15) is 0 Å². The molecule has 2 heterocycles. The van der Waals surface area contributed by atoms with Gasteiger partial charge in [0.05, 0.1) is 25.4 Å². The number of thioether (sulfide) groups is 2.